The van der Waals surface area contributed by atoms with E-state index in [0.29, 0.717) is 40.7 Å². The van der Waals surface area contributed by atoms with Gasteiger partial charge in [-0.25, -0.2) is 18.7 Å². The first kappa shape index (κ1) is 24.2. The SMILES string of the molecule is CCn1c(=O)c2cnc(Nc3ccc4c(c3)CCC(N(C)C)C4)cc2n1-c1ccnc(C(C)(C)F)c1. The molecule has 0 saturated heterocycles. The molecular weight excluding hydrogens is 455 g/mol. The highest BCUT2D eigenvalue weighted by Gasteiger charge is 2.23. The van der Waals surface area contributed by atoms with Gasteiger partial charge in [0.25, 0.3) is 5.56 Å². The average molecular weight is 489 g/mol. The van der Waals surface area contributed by atoms with E-state index in [0.717, 1.165) is 24.9 Å². The molecule has 0 radical (unpaired) electrons. The molecule has 0 aliphatic heterocycles. The van der Waals surface area contributed by atoms with E-state index in [9.17, 15) is 9.18 Å². The molecule has 8 heteroatoms. The molecule has 3 heterocycles. The third-order valence-corrected chi connectivity index (χ3v) is 7.12. The normalized spacial score (nSPS) is 15.9. The Morgan fingerprint density at radius 1 is 1.14 bits per heavy atom. The van der Waals surface area contributed by atoms with Crippen LogP contribution in [-0.4, -0.2) is 44.4 Å². The van der Waals surface area contributed by atoms with Crippen LogP contribution in [0.3, 0.4) is 0 Å². The van der Waals surface area contributed by atoms with Gasteiger partial charge in [0.05, 0.1) is 22.3 Å². The summed E-state index contributed by atoms with van der Waals surface area (Å²) in [5.74, 6) is 0.645. The summed E-state index contributed by atoms with van der Waals surface area (Å²) >= 11 is 0. The van der Waals surface area contributed by atoms with Crippen LogP contribution in [0.5, 0.6) is 0 Å². The number of pyridine rings is 2. The van der Waals surface area contributed by atoms with E-state index in [4.69, 9.17) is 0 Å². The lowest BCUT2D eigenvalue weighted by atomic mass is 9.87. The van der Waals surface area contributed by atoms with Crippen molar-refractivity contribution in [1.29, 1.82) is 0 Å². The minimum Gasteiger partial charge on any atom is -0.340 e. The molecule has 3 aromatic heterocycles. The number of rotatable bonds is 6. The van der Waals surface area contributed by atoms with Gasteiger partial charge in [0.2, 0.25) is 0 Å². The van der Waals surface area contributed by atoms with Gasteiger partial charge in [-0.2, -0.15) is 0 Å². The Balaban J connectivity index is 1.53. The first-order valence-electron chi connectivity index (χ1n) is 12.5. The summed E-state index contributed by atoms with van der Waals surface area (Å²) in [5.41, 5.74) is 3.71. The van der Waals surface area contributed by atoms with Crippen molar-refractivity contribution >= 4 is 22.4 Å². The predicted octanol–water partition coefficient (Wildman–Crippen LogP) is 4.97. The summed E-state index contributed by atoms with van der Waals surface area (Å²) in [4.78, 5) is 24.2. The summed E-state index contributed by atoms with van der Waals surface area (Å²) in [6, 6.07) is 12.4. The molecule has 4 aromatic rings. The fourth-order valence-corrected chi connectivity index (χ4v) is 5.06. The van der Waals surface area contributed by atoms with E-state index < -0.39 is 5.67 Å². The molecule has 1 N–H and O–H groups in total. The van der Waals surface area contributed by atoms with E-state index in [1.807, 2.05) is 17.7 Å². The van der Waals surface area contributed by atoms with Crippen LogP contribution in [0.4, 0.5) is 15.9 Å². The largest absolute Gasteiger partial charge is 0.340 e. The maximum atomic E-state index is 14.6. The minimum atomic E-state index is -1.59. The zero-order chi connectivity index (χ0) is 25.6. The first-order chi connectivity index (χ1) is 17.2. The molecule has 1 aromatic carbocycles. The number of nitrogens with one attached hydrogen (secondary N) is 1. The van der Waals surface area contributed by atoms with Crippen molar-refractivity contribution in [2.24, 2.45) is 0 Å². The van der Waals surface area contributed by atoms with Gasteiger partial charge in [0.15, 0.2) is 0 Å². The van der Waals surface area contributed by atoms with Gasteiger partial charge in [-0.3, -0.25) is 9.78 Å². The minimum absolute atomic E-state index is 0.131. The second kappa shape index (κ2) is 9.17. The van der Waals surface area contributed by atoms with Gasteiger partial charge in [-0.1, -0.05) is 6.07 Å². The molecular formula is C28H33FN6O. The Labute approximate surface area is 210 Å². The van der Waals surface area contributed by atoms with Crippen molar-refractivity contribution in [2.45, 2.75) is 58.3 Å². The lowest BCUT2D eigenvalue weighted by molar-refractivity contribution is 0.214. The summed E-state index contributed by atoms with van der Waals surface area (Å²) in [6.07, 6.45) is 6.45. The molecule has 5 rings (SSSR count). The summed E-state index contributed by atoms with van der Waals surface area (Å²) in [6.45, 7) is 5.33. The Hall–Kier alpha value is -3.52. The maximum Gasteiger partial charge on any atom is 0.276 e. The average Bonchev–Trinajstić information content (AvgIpc) is 3.14. The number of aryl methyl sites for hydroxylation is 1. The third-order valence-electron chi connectivity index (χ3n) is 7.12. The highest BCUT2D eigenvalue weighted by atomic mass is 19.1. The summed E-state index contributed by atoms with van der Waals surface area (Å²) < 4.78 is 18.1. The Morgan fingerprint density at radius 3 is 2.67 bits per heavy atom. The van der Waals surface area contributed by atoms with Crippen molar-refractivity contribution < 1.29 is 4.39 Å². The molecule has 7 nitrogen and oxygen atoms in total. The number of hydrogen-bond donors (Lipinski definition) is 1. The molecule has 188 valence electrons. The van der Waals surface area contributed by atoms with E-state index in [1.54, 1.807) is 29.2 Å². The van der Waals surface area contributed by atoms with E-state index in [1.165, 1.54) is 25.0 Å². The molecule has 0 bridgehead atoms. The van der Waals surface area contributed by atoms with Crippen LogP contribution in [0.15, 0.2) is 53.6 Å². The lowest BCUT2D eigenvalue weighted by Gasteiger charge is -2.30. The van der Waals surface area contributed by atoms with Crippen LogP contribution in [-0.2, 0) is 25.1 Å². The van der Waals surface area contributed by atoms with Crippen LogP contribution in [0.25, 0.3) is 16.6 Å². The maximum absolute atomic E-state index is 14.6. The number of likely N-dealkylation sites (N-methyl/N-ethyl adjacent to an activating group) is 1. The number of fused-ring (bicyclic) bond motifs is 2. The molecule has 1 aliphatic rings. The zero-order valence-corrected chi connectivity index (χ0v) is 21.5. The number of benzene rings is 1. The van der Waals surface area contributed by atoms with Crippen molar-refractivity contribution in [3.05, 3.63) is 76.0 Å². The lowest BCUT2D eigenvalue weighted by Crippen LogP contribution is -2.33. The van der Waals surface area contributed by atoms with E-state index in [2.05, 4.69) is 52.5 Å². The van der Waals surface area contributed by atoms with Crippen LogP contribution in [0.1, 0.15) is 44.0 Å². The topological polar surface area (TPSA) is 68.0 Å². The summed E-state index contributed by atoms with van der Waals surface area (Å²) in [7, 11) is 4.29. The predicted molar refractivity (Wildman–Crippen MR) is 142 cm³/mol. The second-order valence-electron chi connectivity index (χ2n) is 10.3. The van der Waals surface area contributed by atoms with Gasteiger partial charge < -0.3 is 10.2 Å². The van der Waals surface area contributed by atoms with Gasteiger partial charge in [0, 0.05) is 36.7 Å². The Morgan fingerprint density at radius 2 is 1.94 bits per heavy atom. The van der Waals surface area contributed by atoms with Crippen LogP contribution in [0.2, 0.25) is 0 Å². The molecule has 1 atom stereocenters. The fourth-order valence-electron chi connectivity index (χ4n) is 5.06. The van der Waals surface area contributed by atoms with Crippen molar-refractivity contribution in [1.82, 2.24) is 24.2 Å². The number of nitrogens with zero attached hydrogens (tertiary/aromatic N) is 5. The smallest absolute Gasteiger partial charge is 0.276 e. The molecule has 0 fully saturated rings. The van der Waals surface area contributed by atoms with E-state index in [-0.39, 0.29) is 5.56 Å². The standard InChI is InChI=1S/C28H33FN6O/c1-6-34-27(36)23-17-31-26(16-24(23)35(34)22-11-12-30-25(15-22)28(2,3)29)32-20-9-7-19-14-21(33(4)5)10-8-18(19)13-20/h7,9,11-13,15-17,21H,6,8,10,14H2,1-5H3,(H,31,32). The van der Waals surface area contributed by atoms with Gasteiger partial charge >= 0.3 is 0 Å². The van der Waals surface area contributed by atoms with Crippen molar-refractivity contribution in [2.75, 3.05) is 19.4 Å². The van der Waals surface area contributed by atoms with Crippen LogP contribution < -0.4 is 10.9 Å². The highest BCUT2D eigenvalue weighted by Crippen LogP contribution is 2.29. The van der Waals surface area contributed by atoms with Crippen LogP contribution >= 0.6 is 0 Å². The van der Waals surface area contributed by atoms with Crippen molar-refractivity contribution in [3.63, 3.8) is 0 Å². The fraction of sp³-hybridized carbons (Fsp3) is 0.393. The number of alkyl halides is 1. The monoisotopic (exact) mass is 488 g/mol. The quantitative estimate of drug-likeness (QED) is 0.415. The van der Waals surface area contributed by atoms with Gasteiger partial charge in [0.1, 0.15) is 11.5 Å². The first-order valence-corrected chi connectivity index (χ1v) is 12.5. The Bertz CT molecular complexity index is 1480. The Kier molecular flexibility index (Phi) is 6.16. The number of aromatic nitrogens is 4. The van der Waals surface area contributed by atoms with E-state index >= 15 is 0 Å². The second-order valence-corrected chi connectivity index (χ2v) is 10.3. The molecule has 1 unspecified atom stereocenters. The highest BCUT2D eigenvalue weighted by molar-refractivity contribution is 5.82. The van der Waals surface area contributed by atoms with Crippen molar-refractivity contribution in [3.8, 4) is 5.69 Å². The van der Waals surface area contributed by atoms with Gasteiger partial charge in [-0.05, 0) is 89.5 Å². The van der Waals surface area contributed by atoms with Gasteiger partial charge in [-0.15, -0.1) is 0 Å². The molecule has 0 spiro atoms. The number of hydrogen-bond acceptors (Lipinski definition) is 5. The van der Waals surface area contributed by atoms with Crippen LogP contribution in [0, 0.1) is 0 Å². The molecule has 1 aliphatic carbocycles. The molecule has 0 amide bonds. The molecule has 0 saturated carbocycles. The summed E-state index contributed by atoms with van der Waals surface area (Å²) in [5, 5.41) is 3.94. The molecule has 36 heavy (non-hydrogen) atoms. The third kappa shape index (κ3) is 4.41. The number of anilines is 2. The zero-order valence-electron chi connectivity index (χ0n) is 21.5. The number of halogens is 1.